The second kappa shape index (κ2) is 6.52. The van der Waals surface area contributed by atoms with E-state index in [4.69, 9.17) is 0 Å². The summed E-state index contributed by atoms with van der Waals surface area (Å²) in [5, 5.41) is 31.0. The molecule has 0 saturated carbocycles. The van der Waals surface area contributed by atoms with Crippen molar-refractivity contribution in [2.75, 3.05) is 12.3 Å². The lowest BCUT2D eigenvalue weighted by Crippen LogP contribution is -2.60. The Morgan fingerprint density at radius 2 is 2.33 bits per heavy atom. The molecule has 4 atom stereocenters. The highest BCUT2D eigenvalue weighted by atomic mass is 32.2. The molecule has 2 saturated heterocycles. The number of aliphatic hydroxyl groups is 1. The Balaban J connectivity index is 1.59. The molecule has 24 heavy (non-hydrogen) atoms. The summed E-state index contributed by atoms with van der Waals surface area (Å²) in [7, 11) is 1.75. The number of amides is 1. The highest BCUT2D eigenvalue weighted by Gasteiger charge is 2.62. The van der Waals surface area contributed by atoms with E-state index >= 15 is 0 Å². The Hall–Kier alpha value is -1.33. The number of carbonyl (C=O) groups excluding carboxylic acids is 1. The maximum absolute atomic E-state index is 12.0. The lowest BCUT2D eigenvalue weighted by molar-refractivity contribution is -0.156. The van der Waals surface area contributed by atoms with Crippen LogP contribution in [0.25, 0.3) is 0 Å². The number of aliphatic carboxylic acids is 1. The maximum Gasteiger partial charge on any atom is 0.321 e. The second-order valence-corrected chi connectivity index (χ2v) is 8.64. The van der Waals surface area contributed by atoms with Crippen molar-refractivity contribution in [1.29, 1.82) is 0 Å². The van der Waals surface area contributed by atoms with Gasteiger partial charge in [-0.05, 0) is 30.2 Å². The summed E-state index contributed by atoms with van der Waals surface area (Å²) in [6, 6.07) is 0. The molecular weight excluding hydrogens is 354 g/mol. The average Bonchev–Trinajstić information content (AvgIpc) is 3.06. The first-order chi connectivity index (χ1) is 11.4. The van der Waals surface area contributed by atoms with Crippen LogP contribution in [0.5, 0.6) is 0 Å². The van der Waals surface area contributed by atoms with Crippen molar-refractivity contribution in [3.05, 3.63) is 0 Å². The van der Waals surface area contributed by atoms with Crippen molar-refractivity contribution >= 4 is 35.4 Å². The molecule has 132 valence electrons. The highest BCUT2D eigenvalue weighted by Crippen LogP contribution is 2.52. The molecule has 0 aliphatic carbocycles. The molecule has 1 amide bonds. The summed E-state index contributed by atoms with van der Waals surface area (Å²) >= 11 is 2.77. The zero-order valence-corrected chi connectivity index (χ0v) is 15.0. The molecule has 1 aromatic heterocycles. The van der Waals surface area contributed by atoms with Gasteiger partial charge in [-0.3, -0.25) is 9.59 Å². The Morgan fingerprint density at radius 1 is 1.58 bits per heavy atom. The molecule has 0 radical (unpaired) electrons. The molecule has 1 unspecified atom stereocenters. The number of fused-ring (bicyclic) bond motifs is 1. The number of β-lactam (4-membered cyclic amide) rings is 1. The molecule has 2 fully saturated rings. The van der Waals surface area contributed by atoms with Crippen molar-refractivity contribution in [3.63, 3.8) is 0 Å². The van der Waals surface area contributed by atoms with Crippen molar-refractivity contribution in [1.82, 2.24) is 25.1 Å². The van der Waals surface area contributed by atoms with E-state index in [0.29, 0.717) is 23.8 Å². The third-order valence-electron chi connectivity index (χ3n) is 4.40. The van der Waals surface area contributed by atoms with E-state index in [-0.39, 0.29) is 17.8 Å². The summed E-state index contributed by atoms with van der Waals surface area (Å²) in [5.74, 6) is -0.841. The predicted molar refractivity (Wildman–Crippen MR) is 87.4 cm³/mol. The number of tetrazole rings is 1. The van der Waals surface area contributed by atoms with Crippen LogP contribution in [0.3, 0.4) is 0 Å². The van der Waals surface area contributed by atoms with Gasteiger partial charge in [-0.2, -0.15) is 0 Å². The summed E-state index contributed by atoms with van der Waals surface area (Å²) in [4.78, 5) is 25.5. The Morgan fingerprint density at radius 3 is 2.92 bits per heavy atom. The van der Waals surface area contributed by atoms with Crippen LogP contribution in [0.2, 0.25) is 0 Å². The lowest BCUT2D eigenvalue weighted by Gasteiger charge is -2.42. The van der Waals surface area contributed by atoms with E-state index in [0.717, 1.165) is 0 Å². The lowest BCUT2D eigenvalue weighted by atomic mass is 9.91. The third-order valence-corrected chi connectivity index (χ3v) is 7.25. The van der Waals surface area contributed by atoms with Gasteiger partial charge in [0.05, 0.1) is 17.4 Å². The number of hydrogen-bond donors (Lipinski definition) is 2. The van der Waals surface area contributed by atoms with E-state index in [1.54, 1.807) is 23.6 Å². The quantitative estimate of drug-likeness (QED) is 0.381. The van der Waals surface area contributed by atoms with Crippen LogP contribution < -0.4 is 0 Å². The van der Waals surface area contributed by atoms with E-state index in [9.17, 15) is 19.8 Å². The minimum atomic E-state index is -0.997. The number of aliphatic hydroxyl groups excluding tert-OH is 1. The Bertz CT molecular complexity index is 654. The maximum atomic E-state index is 12.0. The fourth-order valence-electron chi connectivity index (χ4n) is 3.07. The first kappa shape index (κ1) is 17.5. The molecule has 11 heteroatoms. The smallest absolute Gasteiger partial charge is 0.321 e. The summed E-state index contributed by atoms with van der Waals surface area (Å²) in [6.45, 7) is 1.78. The summed E-state index contributed by atoms with van der Waals surface area (Å²) in [6.07, 6.45) is 0.373. The van der Waals surface area contributed by atoms with Gasteiger partial charge in [-0.25, -0.2) is 4.68 Å². The SMILES string of the molecule is C[C@@H](O)[C@H]1C(=O)N2CC(CCCSc3nnnn3C)(C(=O)O)S[C@H]12. The molecule has 3 rings (SSSR count). The minimum Gasteiger partial charge on any atom is -0.480 e. The van der Waals surface area contributed by atoms with Crippen LogP contribution in [-0.4, -0.2) is 75.7 Å². The van der Waals surface area contributed by atoms with Gasteiger partial charge in [0.1, 0.15) is 4.75 Å². The molecule has 0 aromatic carbocycles. The van der Waals surface area contributed by atoms with Crippen molar-refractivity contribution in [2.24, 2.45) is 13.0 Å². The number of thioether (sulfide) groups is 2. The van der Waals surface area contributed by atoms with E-state index < -0.39 is 22.7 Å². The molecule has 0 bridgehead atoms. The van der Waals surface area contributed by atoms with Crippen LogP contribution >= 0.6 is 23.5 Å². The first-order valence-electron chi connectivity index (χ1n) is 7.60. The third kappa shape index (κ3) is 2.88. The van der Waals surface area contributed by atoms with Crippen molar-refractivity contribution in [2.45, 2.75) is 41.1 Å². The molecule has 2 aliphatic rings. The van der Waals surface area contributed by atoms with Gasteiger partial charge < -0.3 is 15.1 Å². The fraction of sp³-hybridized carbons (Fsp3) is 0.769. The van der Waals surface area contributed by atoms with Gasteiger partial charge in [0.25, 0.3) is 0 Å². The topological polar surface area (TPSA) is 121 Å². The van der Waals surface area contributed by atoms with E-state index in [1.165, 1.54) is 23.5 Å². The van der Waals surface area contributed by atoms with Crippen molar-refractivity contribution in [3.8, 4) is 0 Å². The Kier molecular flexibility index (Phi) is 4.76. The number of nitrogens with zero attached hydrogens (tertiary/aromatic N) is 5. The highest BCUT2D eigenvalue weighted by molar-refractivity contribution is 8.02. The molecule has 2 N–H and O–H groups in total. The Labute approximate surface area is 147 Å². The van der Waals surface area contributed by atoms with E-state index in [1.807, 2.05) is 0 Å². The number of aromatic nitrogens is 4. The molecule has 2 aliphatic heterocycles. The number of carboxylic acids is 1. The predicted octanol–water partition coefficient (Wildman–Crippen LogP) is -0.182. The van der Waals surface area contributed by atoms with Gasteiger partial charge in [-0.15, -0.1) is 16.9 Å². The zero-order valence-electron chi connectivity index (χ0n) is 13.3. The second-order valence-electron chi connectivity index (χ2n) is 6.08. The summed E-state index contributed by atoms with van der Waals surface area (Å²) in [5.41, 5.74) is 0. The molecule has 9 nitrogen and oxygen atoms in total. The number of hydrogen-bond acceptors (Lipinski definition) is 8. The van der Waals surface area contributed by atoms with Gasteiger partial charge >= 0.3 is 5.97 Å². The van der Waals surface area contributed by atoms with Gasteiger partial charge in [-0.1, -0.05) is 11.8 Å². The molecule has 0 spiro atoms. The fourth-order valence-corrected chi connectivity index (χ4v) is 5.70. The standard InChI is InChI=1S/C13H19N5O4S2/c1-7(19)8-9(20)18-6-13(11(21)22,24-10(8)18)4-3-5-23-12-14-15-16-17(12)2/h7-8,10,19H,3-6H2,1-2H3,(H,21,22)/t7-,8+,10-,13?/m1/s1. The normalized spacial score (nSPS) is 30.1. The van der Waals surface area contributed by atoms with Gasteiger partial charge in [0.15, 0.2) is 0 Å². The van der Waals surface area contributed by atoms with Crippen LogP contribution in [0.1, 0.15) is 19.8 Å². The monoisotopic (exact) mass is 373 g/mol. The summed E-state index contributed by atoms with van der Waals surface area (Å²) < 4.78 is 0.572. The molecule has 1 aromatic rings. The number of carbonyl (C=O) groups is 2. The number of aryl methyl sites for hydroxylation is 1. The average molecular weight is 373 g/mol. The molecular formula is C13H19N5O4S2. The van der Waals surface area contributed by atoms with E-state index in [2.05, 4.69) is 15.5 Å². The van der Waals surface area contributed by atoms with Crippen LogP contribution in [-0.2, 0) is 16.6 Å². The zero-order chi connectivity index (χ0) is 17.5. The van der Waals surface area contributed by atoms with Gasteiger partial charge in [0, 0.05) is 19.3 Å². The van der Waals surface area contributed by atoms with Crippen LogP contribution in [0.15, 0.2) is 5.16 Å². The number of rotatable bonds is 7. The van der Waals surface area contributed by atoms with Crippen LogP contribution in [0.4, 0.5) is 0 Å². The molecule has 3 heterocycles. The minimum absolute atomic E-state index is 0.148. The first-order valence-corrected chi connectivity index (χ1v) is 9.47. The van der Waals surface area contributed by atoms with Gasteiger partial charge in [0.2, 0.25) is 11.1 Å². The number of carboxylic acid groups (broad SMARTS) is 1. The van der Waals surface area contributed by atoms with Crippen LogP contribution in [0, 0.1) is 5.92 Å². The largest absolute Gasteiger partial charge is 0.480 e. The van der Waals surface area contributed by atoms with Crippen molar-refractivity contribution < 1.29 is 19.8 Å².